The molecule has 4 aromatic heterocycles. The molecule has 1 N–H and O–H groups in total. The van der Waals surface area contributed by atoms with Gasteiger partial charge in [0.2, 0.25) is 5.95 Å². The normalized spacial score (nSPS) is 14.6. The monoisotopic (exact) mass is 668 g/mol. The highest BCUT2D eigenvalue weighted by Crippen LogP contribution is 2.36. The summed E-state index contributed by atoms with van der Waals surface area (Å²) in [6.45, 7) is 17.8. The van der Waals surface area contributed by atoms with E-state index < -0.39 is 8.07 Å². The molecule has 11 nitrogen and oxygen atoms in total. The highest BCUT2D eigenvalue weighted by molar-refractivity contribution is 6.76. The summed E-state index contributed by atoms with van der Waals surface area (Å²) in [5.74, 6) is 1.38. The summed E-state index contributed by atoms with van der Waals surface area (Å²) < 4.78 is 10.1. The number of rotatable bonds is 10. The van der Waals surface area contributed by atoms with E-state index in [9.17, 15) is 0 Å². The average Bonchev–Trinajstić information content (AvgIpc) is 3.67. The third-order valence-corrected chi connectivity index (χ3v) is 11.0. The first-order valence-electron chi connectivity index (χ1n) is 16.3. The first-order chi connectivity index (χ1) is 22.7. The van der Waals surface area contributed by atoms with Gasteiger partial charge in [0.05, 0.1) is 16.1 Å². The molecule has 7 rings (SSSR count). The van der Waals surface area contributed by atoms with Crippen molar-refractivity contribution in [2.45, 2.75) is 46.3 Å². The molecule has 2 aromatic carbocycles. The van der Waals surface area contributed by atoms with Crippen LogP contribution in [-0.2, 0) is 11.5 Å². The maximum Gasteiger partial charge on any atom is 0.229 e. The van der Waals surface area contributed by atoms with Gasteiger partial charge in [0.25, 0.3) is 0 Å². The molecule has 47 heavy (non-hydrogen) atoms. The number of pyridine rings is 1. The lowest BCUT2D eigenvalue weighted by atomic mass is 10.0. The molecule has 1 aliphatic heterocycles. The lowest BCUT2D eigenvalue weighted by Gasteiger charge is -2.35. The second kappa shape index (κ2) is 12.8. The lowest BCUT2D eigenvalue weighted by Crippen LogP contribution is -2.46. The highest BCUT2D eigenvalue weighted by Gasteiger charge is 2.19. The maximum atomic E-state index is 6.90. The van der Waals surface area contributed by atoms with Crippen LogP contribution < -0.4 is 10.2 Å². The fourth-order valence-electron chi connectivity index (χ4n) is 6.11. The van der Waals surface area contributed by atoms with Gasteiger partial charge in [-0.2, -0.15) is 4.98 Å². The van der Waals surface area contributed by atoms with E-state index in [1.165, 1.54) is 5.69 Å². The number of aryl methyl sites for hydroxylation is 1. The maximum absolute atomic E-state index is 6.90. The van der Waals surface area contributed by atoms with Crippen molar-refractivity contribution in [2.75, 3.05) is 49.5 Å². The molecule has 1 fully saturated rings. The molecule has 6 aromatic rings. The molecule has 244 valence electrons. The van der Waals surface area contributed by atoms with Crippen LogP contribution in [0.1, 0.15) is 12.7 Å². The molecule has 0 radical (unpaired) electrons. The number of hydrogen-bond acceptors (Lipinski definition) is 9. The summed E-state index contributed by atoms with van der Waals surface area (Å²) in [5, 5.41) is 13.5. The number of imidazole rings is 1. The van der Waals surface area contributed by atoms with Crippen LogP contribution in [0.3, 0.4) is 0 Å². The van der Waals surface area contributed by atoms with Crippen LogP contribution >= 0.6 is 11.6 Å². The van der Waals surface area contributed by atoms with E-state index in [1.807, 2.05) is 29.7 Å². The third-order valence-electron chi connectivity index (χ3n) is 8.96. The Balaban J connectivity index is 1.16. The van der Waals surface area contributed by atoms with E-state index in [-0.39, 0.29) is 0 Å². The first kappa shape index (κ1) is 31.5. The minimum Gasteiger partial charge on any atom is -0.369 e. The van der Waals surface area contributed by atoms with Crippen LogP contribution in [0.15, 0.2) is 55.0 Å². The molecular formula is C34H41ClN10OSi. The zero-order chi connectivity index (χ0) is 32.7. The number of ether oxygens (including phenoxy) is 1. The number of nitrogens with one attached hydrogen (secondary N) is 1. The fraction of sp³-hybridized carbons (Fsp3) is 0.382. The standard InChI is InChI=1S/C34H41ClN10OSi/c1-6-42-11-13-43(14-12-42)26-9-7-25(8-10-26)39-34-36-20-24-17-28(33-41-37-21-44(33)32(24)40-34)27-18-31-30(19-29(27)35)38-23(2)45(31)22-46-15-16-47(3,4)5/h7-10,17-21H,6,11-16,22H2,1-5H3,(H,36,39,40). The zero-order valence-corrected chi connectivity index (χ0v) is 29.4. The molecule has 0 saturated carbocycles. The van der Waals surface area contributed by atoms with Crippen molar-refractivity contribution >= 4 is 64.7 Å². The number of fused-ring (bicyclic) bond motifs is 4. The minimum absolute atomic E-state index is 0.439. The number of hydrogen-bond donors (Lipinski definition) is 1. The summed E-state index contributed by atoms with van der Waals surface area (Å²) in [6.07, 6.45) is 3.50. The Hall–Kier alpha value is -4.10. The third kappa shape index (κ3) is 6.55. The largest absolute Gasteiger partial charge is 0.369 e. The summed E-state index contributed by atoms with van der Waals surface area (Å²) in [4.78, 5) is 19.2. The molecule has 0 aliphatic carbocycles. The topological polar surface area (TPSA) is 102 Å². The fourth-order valence-corrected chi connectivity index (χ4v) is 7.12. The highest BCUT2D eigenvalue weighted by atomic mass is 35.5. The second-order valence-electron chi connectivity index (χ2n) is 13.4. The zero-order valence-electron chi connectivity index (χ0n) is 27.7. The molecule has 0 amide bonds. The number of halogens is 1. The van der Waals surface area contributed by atoms with Crippen LogP contribution in [0, 0.1) is 6.92 Å². The van der Waals surface area contributed by atoms with Crippen LogP contribution in [0.25, 0.3) is 38.8 Å². The number of anilines is 3. The van der Waals surface area contributed by atoms with E-state index in [1.54, 1.807) is 6.33 Å². The minimum atomic E-state index is -1.18. The van der Waals surface area contributed by atoms with Crippen molar-refractivity contribution in [3.05, 3.63) is 65.8 Å². The van der Waals surface area contributed by atoms with Gasteiger partial charge in [-0.05, 0) is 62.0 Å². The van der Waals surface area contributed by atoms with E-state index in [2.05, 4.69) is 91.8 Å². The van der Waals surface area contributed by atoms with Gasteiger partial charge in [-0.1, -0.05) is 38.2 Å². The Morgan fingerprint density at radius 2 is 1.74 bits per heavy atom. The van der Waals surface area contributed by atoms with Crippen LogP contribution in [-0.4, -0.2) is 86.4 Å². The predicted octanol–water partition coefficient (Wildman–Crippen LogP) is 6.85. The van der Waals surface area contributed by atoms with Crippen molar-refractivity contribution in [2.24, 2.45) is 0 Å². The Labute approximate surface area is 280 Å². The molecule has 13 heteroatoms. The van der Waals surface area contributed by atoms with Gasteiger partial charge < -0.3 is 24.4 Å². The molecule has 0 spiro atoms. The second-order valence-corrected chi connectivity index (χ2v) is 19.4. The molecule has 0 bridgehead atoms. The Morgan fingerprint density at radius 3 is 2.49 bits per heavy atom. The van der Waals surface area contributed by atoms with Crippen molar-refractivity contribution in [1.29, 1.82) is 0 Å². The quantitative estimate of drug-likeness (QED) is 0.124. The van der Waals surface area contributed by atoms with E-state index in [0.29, 0.717) is 29.0 Å². The average molecular weight is 669 g/mol. The van der Waals surface area contributed by atoms with Gasteiger partial charge in [-0.25, -0.2) is 9.97 Å². The summed E-state index contributed by atoms with van der Waals surface area (Å²) in [6, 6.07) is 15.6. The Kier molecular flexibility index (Phi) is 8.60. The van der Waals surface area contributed by atoms with Crippen molar-refractivity contribution < 1.29 is 4.74 Å². The van der Waals surface area contributed by atoms with Crippen LogP contribution in [0.5, 0.6) is 0 Å². The first-order valence-corrected chi connectivity index (χ1v) is 20.3. The van der Waals surface area contributed by atoms with Gasteiger partial charge in [0.15, 0.2) is 11.3 Å². The SMILES string of the molecule is CCN1CCN(c2ccc(Nc3ncc4cc(-c5cc6c(cc5Cl)nc(C)n6COCC[Si](C)(C)C)c5nncn5c4n3)cc2)CC1. The Bertz CT molecular complexity index is 2040. The van der Waals surface area contributed by atoms with Crippen molar-refractivity contribution in [3.63, 3.8) is 0 Å². The van der Waals surface area contributed by atoms with Gasteiger partial charge in [-0.15, -0.1) is 10.2 Å². The number of aromatic nitrogens is 7. The number of benzene rings is 2. The van der Waals surface area contributed by atoms with Crippen LogP contribution in [0.2, 0.25) is 30.7 Å². The van der Waals surface area contributed by atoms with Gasteiger partial charge in [0, 0.05) is 74.9 Å². The predicted molar refractivity (Wildman–Crippen MR) is 193 cm³/mol. The van der Waals surface area contributed by atoms with E-state index in [0.717, 1.165) is 84.4 Å². The van der Waals surface area contributed by atoms with Gasteiger partial charge >= 0.3 is 0 Å². The molecule has 1 saturated heterocycles. The van der Waals surface area contributed by atoms with E-state index >= 15 is 0 Å². The van der Waals surface area contributed by atoms with Gasteiger partial charge in [-0.3, -0.25) is 4.40 Å². The smallest absolute Gasteiger partial charge is 0.229 e. The molecular weight excluding hydrogens is 628 g/mol. The van der Waals surface area contributed by atoms with Crippen LogP contribution in [0.4, 0.5) is 17.3 Å². The molecule has 0 atom stereocenters. The summed E-state index contributed by atoms with van der Waals surface area (Å²) in [5.41, 5.74) is 6.97. The van der Waals surface area contributed by atoms with Crippen molar-refractivity contribution in [1.82, 2.24) is 39.0 Å². The number of nitrogens with zero attached hydrogens (tertiary/aromatic N) is 9. The summed E-state index contributed by atoms with van der Waals surface area (Å²) in [7, 11) is -1.18. The summed E-state index contributed by atoms with van der Waals surface area (Å²) >= 11 is 6.90. The molecule has 1 aliphatic rings. The molecule has 0 unspecified atom stereocenters. The Morgan fingerprint density at radius 1 is 0.957 bits per heavy atom. The van der Waals surface area contributed by atoms with E-state index in [4.69, 9.17) is 26.3 Å². The molecule has 5 heterocycles. The van der Waals surface area contributed by atoms with Crippen molar-refractivity contribution in [3.8, 4) is 11.1 Å². The van der Waals surface area contributed by atoms with Gasteiger partial charge in [0.1, 0.15) is 18.9 Å². The number of piperazine rings is 1. The number of likely N-dealkylation sites (N-methyl/N-ethyl adjacent to an activating group) is 1. The lowest BCUT2D eigenvalue weighted by molar-refractivity contribution is 0.0885.